The molecule has 3 nitrogen and oxygen atoms in total. The fraction of sp³-hybridized carbons (Fsp3) is 0.250. The Morgan fingerprint density at radius 3 is 2.67 bits per heavy atom. The van der Waals surface area contributed by atoms with Crippen LogP contribution in [-0.4, -0.2) is 10.8 Å². The molecule has 0 aliphatic rings. The van der Waals surface area contributed by atoms with E-state index in [1.807, 2.05) is 0 Å². The molecule has 1 rings (SSSR count). The number of halogens is 1. The number of anilines is 1. The summed E-state index contributed by atoms with van der Waals surface area (Å²) < 4.78 is 12.9. The first-order chi connectivity index (χ1) is 5.52. The SMILES string of the molecule is CC(=O)c1cc(N)c(F)c(C)n1. The predicted molar refractivity (Wildman–Crippen MR) is 43.3 cm³/mol. The number of aromatic nitrogens is 1. The third kappa shape index (κ3) is 1.42. The molecule has 0 saturated heterocycles. The Kier molecular flexibility index (Phi) is 2.08. The van der Waals surface area contributed by atoms with Crippen molar-refractivity contribution in [2.24, 2.45) is 0 Å². The number of rotatable bonds is 1. The van der Waals surface area contributed by atoms with Crippen LogP contribution in [0.2, 0.25) is 0 Å². The molecule has 1 heterocycles. The van der Waals surface area contributed by atoms with Gasteiger partial charge in [0.2, 0.25) is 0 Å². The maximum absolute atomic E-state index is 12.9. The lowest BCUT2D eigenvalue weighted by atomic mass is 10.2. The van der Waals surface area contributed by atoms with Crippen LogP contribution >= 0.6 is 0 Å². The number of nitrogens with two attached hydrogens (primary N) is 1. The highest BCUT2D eigenvalue weighted by molar-refractivity contribution is 5.92. The lowest BCUT2D eigenvalue weighted by Gasteiger charge is -2.01. The van der Waals surface area contributed by atoms with Crippen LogP contribution in [0.25, 0.3) is 0 Å². The van der Waals surface area contributed by atoms with Gasteiger partial charge in [-0.1, -0.05) is 0 Å². The Morgan fingerprint density at radius 1 is 1.67 bits per heavy atom. The van der Waals surface area contributed by atoms with E-state index in [0.29, 0.717) is 0 Å². The van der Waals surface area contributed by atoms with Crippen LogP contribution in [0.4, 0.5) is 10.1 Å². The fourth-order valence-corrected chi connectivity index (χ4v) is 0.862. The van der Waals surface area contributed by atoms with Crippen molar-refractivity contribution in [1.29, 1.82) is 0 Å². The summed E-state index contributed by atoms with van der Waals surface area (Å²) in [4.78, 5) is 14.5. The van der Waals surface area contributed by atoms with E-state index in [9.17, 15) is 9.18 Å². The first-order valence-electron chi connectivity index (χ1n) is 3.46. The molecule has 1 aromatic heterocycles. The largest absolute Gasteiger partial charge is 0.396 e. The molecule has 64 valence electrons. The normalized spacial score (nSPS) is 9.92. The number of Topliss-reactive ketones (excluding diaryl/α,β-unsaturated/α-hetero) is 1. The average molecular weight is 168 g/mol. The van der Waals surface area contributed by atoms with Crippen molar-refractivity contribution in [2.45, 2.75) is 13.8 Å². The third-order valence-electron chi connectivity index (χ3n) is 1.51. The number of carbonyl (C=O) groups excluding carboxylic acids is 1. The van der Waals surface area contributed by atoms with Crippen molar-refractivity contribution in [1.82, 2.24) is 4.98 Å². The Morgan fingerprint density at radius 2 is 2.25 bits per heavy atom. The van der Waals surface area contributed by atoms with Crippen LogP contribution in [0.3, 0.4) is 0 Å². The van der Waals surface area contributed by atoms with Crippen LogP contribution in [0.15, 0.2) is 6.07 Å². The van der Waals surface area contributed by atoms with E-state index >= 15 is 0 Å². The predicted octanol–water partition coefficient (Wildman–Crippen LogP) is 1.31. The van der Waals surface area contributed by atoms with Crippen molar-refractivity contribution in [3.05, 3.63) is 23.3 Å². The van der Waals surface area contributed by atoms with Crippen molar-refractivity contribution >= 4 is 11.5 Å². The molecule has 0 aromatic carbocycles. The summed E-state index contributed by atoms with van der Waals surface area (Å²) in [5.74, 6) is -0.773. The quantitative estimate of drug-likeness (QED) is 0.643. The van der Waals surface area contributed by atoms with Gasteiger partial charge in [-0.05, 0) is 13.0 Å². The minimum absolute atomic E-state index is 0.0345. The highest BCUT2D eigenvalue weighted by Crippen LogP contribution is 2.13. The first-order valence-corrected chi connectivity index (χ1v) is 3.46. The molecule has 1 aromatic rings. The molecular formula is C8H9FN2O. The van der Waals surface area contributed by atoms with Gasteiger partial charge in [0.1, 0.15) is 5.69 Å². The van der Waals surface area contributed by atoms with Crippen LogP contribution in [0.5, 0.6) is 0 Å². The lowest BCUT2D eigenvalue weighted by molar-refractivity contribution is 0.101. The number of pyridine rings is 1. The van der Waals surface area contributed by atoms with E-state index in [0.717, 1.165) is 0 Å². The van der Waals surface area contributed by atoms with E-state index in [2.05, 4.69) is 4.98 Å². The number of aryl methyl sites for hydroxylation is 1. The van der Waals surface area contributed by atoms with Crippen molar-refractivity contribution in [3.8, 4) is 0 Å². The molecule has 0 amide bonds. The van der Waals surface area contributed by atoms with Gasteiger partial charge < -0.3 is 5.73 Å². The monoisotopic (exact) mass is 168 g/mol. The molecule has 2 N–H and O–H groups in total. The van der Waals surface area contributed by atoms with E-state index in [-0.39, 0.29) is 22.9 Å². The lowest BCUT2D eigenvalue weighted by Crippen LogP contribution is -2.04. The number of hydrogen-bond donors (Lipinski definition) is 1. The fourth-order valence-electron chi connectivity index (χ4n) is 0.862. The summed E-state index contributed by atoms with van der Waals surface area (Å²) >= 11 is 0. The van der Waals surface area contributed by atoms with Gasteiger partial charge >= 0.3 is 0 Å². The maximum Gasteiger partial charge on any atom is 0.178 e. The molecule has 0 saturated carbocycles. The Hall–Kier alpha value is -1.45. The van der Waals surface area contributed by atoms with Gasteiger partial charge in [0.05, 0.1) is 11.4 Å². The summed E-state index contributed by atoms with van der Waals surface area (Å²) in [6.45, 7) is 2.83. The molecule has 0 atom stereocenters. The van der Waals surface area contributed by atoms with Crippen molar-refractivity contribution < 1.29 is 9.18 Å². The van der Waals surface area contributed by atoms with Crippen molar-refractivity contribution in [2.75, 3.05) is 5.73 Å². The van der Waals surface area contributed by atoms with Gasteiger partial charge in [-0.15, -0.1) is 0 Å². The highest BCUT2D eigenvalue weighted by atomic mass is 19.1. The number of hydrogen-bond acceptors (Lipinski definition) is 3. The smallest absolute Gasteiger partial charge is 0.178 e. The van der Waals surface area contributed by atoms with E-state index in [1.54, 1.807) is 0 Å². The van der Waals surface area contributed by atoms with Gasteiger partial charge in [-0.2, -0.15) is 0 Å². The maximum atomic E-state index is 12.9. The summed E-state index contributed by atoms with van der Waals surface area (Å²) in [5.41, 5.74) is 5.61. The van der Waals surface area contributed by atoms with Gasteiger partial charge in [0, 0.05) is 6.92 Å². The number of nitrogen functional groups attached to an aromatic ring is 1. The topological polar surface area (TPSA) is 56.0 Å². The second-order valence-electron chi connectivity index (χ2n) is 2.55. The Labute approximate surface area is 69.4 Å². The molecule has 0 radical (unpaired) electrons. The van der Waals surface area contributed by atoms with E-state index < -0.39 is 5.82 Å². The van der Waals surface area contributed by atoms with Crippen LogP contribution < -0.4 is 5.73 Å². The van der Waals surface area contributed by atoms with Crippen LogP contribution in [0, 0.1) is 12.7 Å². The van der Waals surface area contributed by atoms with E-state index in [4.69, 9.17) is 5.73 Å². The minimum atomic E-state index is -0.556. The molecule has 12 heavy (non-hydrogen) atoms. The minimum Gasteiger partial charge on any atom is -0.396 e. The van der Waals surface area contributed by atoms with E-state index in [1.165, 1.54) is 19.9 Å². The zero-order valence-corrected chi connectivity index (χ0v) is 6.89. The standard InChI is InChI=1S/C8H9FN2O/c1-4-8(9)6(10)3-7(11-4)5(2)12/h3H,1-2H3,(H2,10,11). The summed E-state index contributed by atoms with van der Waals surface area (Å²) in [6, 6.07) is 1.24. The molecule has 0 aliphatic heterocycles. The molecule has 0 aliphatic carbocycles. The molecule has 0 unspecified atom stereocenters. The number of ketones is 1. The second-order valence-corrected chi connectivity index (χ2v) is 2.55. The van der Waals surface area contributed by atoms with Crippen molar-refractivity contribution in [3.63, 3.8) is 0 Å². The molecule has 0 fully saturated rings. The molecule has 4 heteroatoms. The third-order valence-corrected chi connectivity index (χ3v) is 1.51. The van der Waals surface area contributed by atoms with Crippen LogP contribution in [0.1, 0.15) is 23.1 Å². The number of carbonyl (C=O) groups is 1. The summed E-state index contributed by atoms with van der Waals surface area (Å²) in [6.07, 6.45) is 0. The first kappa shape index (κ1) is 8.64. The van der Waals surface area contributed by atoms with Gasteiger partial charge in [0.25, 0.3) is 0 Å². The van der Waals surface area contributed by atoms with Crippen LogP contribution in [-0.2, 0) is 0 Å². The Balaban J connectivity index is 3.31. The highest BCUT2D eigenvalue weighted by Gasteiger charge is 2.08. The van der Waals surface area contributed by atoms with Gasteiger partial charge in [-0.25, -0.2) is 9.37 Å². The summed E-state index contributed by atoms with van der Waals surface area (Å²) in [5, 5.41) is 0. The zero-order valence-electron chi connectivity index (χ0n) is 6.89. The molecular weight excluding hydrogens is 159 g/mol. The second kappa shape index (κ2) is 2.89. The van der Waals surface area contributed by atoms with Gasteiger partial charge in [0.15, 0.2) is 11.6 Å². The average Bonchev–Trinajstić information content (AvgIpc) is 1.99. The Bertz CT molecular complexity index is 313. The number of nitrogens with zero attached hydrogens (tertiary/aromatic N) is 1. The zero-order chi connectivity index (χ0) is 9.30. The van der Waals surface area contributed by atoms with Gasteiger partial charge in [-0.3, -0.25) is 4.79 Å². The molecule has 0 spiro atoms. The summed E-state index contributed by atoms with van der Waals surface area (Å²) in [7, 11) is 0. The molecule has 0 bridgehead atoms.